The number of carbonyl (C=O) groups is 4. The highest BCUT2D eigenvalue weighted by Crippen LogP contribution is 2.34. The van der Waals surface area contributed by atoms with Crippen molar-refractivity contribution in [3.8, 4) is 0 Å². The van der Waals surface area contributed by atoms with Crippen molar-refractivity contribution in [3.63, 3.8) is 0 Å². The molecule has 1 heterocycles. The Hall–Kier alpha value is -1.57. The molecule has 12 nitrogen and oxygen atoms in total. The van der Waals surface area contributed by atoms with Gasteiger partial charge in [0.25, 0.3) is 0 Å². The molecular weight excluding hydrogens is 489 g/mol. The lowest BCUT2D eigenvalue weighted by Gasteiger charge is -2.49. The topological polar surface area (TPSA) is 156 Å². The normalized spacial score (nSPS) is 28.3. The summed E-state index contributed by atoms with van der Waals surface area (Å²) in [5, 5.41) is 13.2. The molecule has 0 aliphatic carbocycles. The van der Waals surface area contributed by atoms with Crippen LogP contribution in [0.4, 0.5) is 4.79 Å². The number of ether oxygens (including phenoxy) is 6. The predicted molar refractivity (Wildman–Crippen MR) is 103 cm³/mol. The van der Waals surface area contributed by atoms with E-state index in [0.717, 1.165) is 27.9 Å². The van der Waals surface area contributed by atoms with Crippen molar-refractivity contribution in [2.24, 2.45) is 0 Å². The number of nitrogens with one attached hydrogen (secondary N) is 1. The summed E-state index contributed by atoms with van der Waals surface area (Å²) in [7, 11) is 1.10. The van der Waals surface area contributed by atoms with Crippen molar-refractivity contribution in [2.45, 2.75) is 54.9 Å². The van der Waals surface area contributed by atoms with Crippen LogP contribution >= 0.6 is 34.8 Å². The Morgan fingerprint density at radius 1 is 1.03 bits per heavy atom. The number of carbonyl (C=O) groups excluding carboxylic acids is 4. The molecular formula is C16H22Cl3NO11. The van der Waals surface area contributed by atoms with E-state index >= 15 is 0 Å². The van der Waals surface area contributed by atoms with Gasteiger partial charge in [0, 0.05) is 27.9 Å². The molecule has 178 valence electrons. The molecule has 1 saturated heterocycles. The van der Waals surface area contributed by atoms with Gasteiger partial charge in [-0.1, -0.05) is 34.8 Å². The molecule has 0 aromatic carbocycles. The fourth-order valence-electron chi connectivity index (χ4n) is 2.63. The summed E-state index contributed by atoms with van der Waals surface area (Å²) in [6.07, 6.45) is -7.58. The van der Waals surface area contributed by atoms with E-state index in [0.29, 0.717) is 0 Å². The third kappa shape index (κ3) is 8.47. The highest BCUT2D eigenvalue weighted by molar-refractivity contribution is 6.67. The minimum atomic E-state index is -2.64. The van der Waals surface area contributed by atoms with Crippen LogP contribution < -0.4 is 5.32 Å². The number of esters is 3. The lowest BCUT2D eigenvalue weighted by Crippen LogP contribution is -2.75. The van der Waals surface area contributed by atoms with Gasteiger partial charge in [-0.15, -0.1) is 0 Å². The second kappa shape index (κ2) is 11.3. The Bertz CT molecular complexity index is 686. The maximum Gasteiger partial charge on any atom is 0.409 e. The SMILES string of the molecule is CO[C@H]1O[C@H](COC(C)=O)[C@@H](OC(C)=O)[C@H](OC(C)=O)[C@]1(O)NC(=O)OCC(Cl)(Cl)Cl. The number of aliphatic hydroxyl groups is 1. The van der Waals surface area contributed by atoms with Crippen LogP contribution in [-0.2, 0) is 42.8 Å². The van der Waals surface area contributed by atoms with Crippen molar-refractivity contribution in [3.05, 3.63) is 0 Å². The Morgan fingerprint density at radius 3 is 2.06 bits per heavy atom. The third-order valence-electron chi connectivity index (χ3n) is 3.69. The Balaban J connectivity index is 3.30. The van der Waals surface area contributed by atoms with E-state index < -0.39 is 71.3 Å². The first-order valence-corrected chi connectivity index (χ1v) is 9.73. The number of hydrogen-bond donors (Lipinski definition) is 2. The van der Waals surface area contributed by atoms with Crippen LogP contribution in [0.15, 0.2) is 0 Å². The zero-order valence-corrected chi connectivity index (χ0v) is 19.2. The molecule has 15 heteroatoms. The maximum absolute atomic E-state index is 12.2. The fourth-order valence-corrected chi connectivity index (χ4v) is 2.79. The molecule has 0 radical (unpaired) electrons. The standard InChI is InChI=1S/C16H22Cl3NO11/c1-7(21)27-5-10-11(29-8(2)22)12(30-9(3)23)16(25,13(26-4)31-10)20-14(24)28-6-15(17,18)19/h10-13,25H,5-6H2,1-4H3,(H,20,24)/t10-,11-,12+,13+,16-/m1/s1. The number of alkyl halides is 3. The molecule has 0 aromatic heterocycles. The summed E-state index contributed by atoms with van der Waals surface area (Å²) in [6, 6.07) is 0. The number of methoxy groups -OCH3 is 1. The van der Waals surface area contributed by atoms with Crippen molar-refractivity contribution in [1.82, 2.24) is 5.32 Å². The predicted octanol–water partition coefficient (Wildman–Crippen LogP) is 0.569. The molecule has 0 aromatic rings. The number of amides is 1. The van der Waals surface area contributed by atoms with E-state index in [4.69, 9.17) is 63.2 Å². The lowest BCUT2D eigenvalue weighted by molar-refractivity contribution is -0.344. The van der Waals surface area contributed by atoms with E-state index in [1.165, 1.54) is 0 Å². The first kappa shape index (κ1) is 27.5. The number of halogens is 3. The Morgan fingerprint density at radius 2 is 1.61 bits per heavy atom. The van der Waals surface area contributed by atoms with E-state index in [2.05, 4.69) is 0 Å². The Kier molecular flexibility index (Phi) is 10.0. The van der Waals surface area contributed by atoms with Gasteiger partial charge in [0.15, 0.2) is 12.2 Å². The molecule has 0 spiro atoms. The van der Waals surface area contributed by atoms with Crippen LogP contribution in [0.5, 0.6) is 0 Å². The van der Waals surface area contributed by atoms with Gasteiger partial charge in [-0.2, -0.15) is 0 Å². The second-order valence-electron chi connectivity index (χ2n) is 6.29. The third-order valence-corrected chi connectivity index (χ3v) is 4.01. The highest BCUT2D eigenvalue weighted by Gasteiger charge is 2.61. The fraction of sp³-hybridized carbons (Fsp3) is 0.750. The highest BCUT2D eigenvalue weighted by atomic mass is 35.6. The summed E-state index contributed by atoms with van der Waals surface area (Å²) in [5.41, 5.74) is -2.64. The summed E-state index contributed by atoms with van der Waals surface area (Å²) in [5.74, 6) is -2.45. The summed E-state index contributed by atoms with van der Waals surface area (Å²) in [4.78, 5) is 46.7. The van der Waals surface area contributed by atoms with Crippen molar-refractivity contribution in [1.29, 1.82) is 0 Å². The van der Waals surface area contributed by atoms with Crippen LogP contribution in [0, 0.1) is 0 Å². The largest absolute Gasteiger partial charge is 0.463 e. The van der Waals surface area contributed by atoms with Crippen LogP contribution in [0.1, 0.15) is 20.8 Å². The van der Waals surface area contributed by atoms with Crippen LogP contribution in [0.25, 0.3) is 0 Å². The molecule has 1 aliphatic heterocycles. The lowest BCUT2D eigenvalue weighted by atomic mass is 9.92. The minimum absolute atomic E-state index is 0.460. The van der Waals surface area contributed by atoms with Gasteiger partial charge in [0.2, 0.25) is 15.8 Å². The average molecular weight is 511 g/mol. The van der Waals surface area contributed by atoms with Crippen LogP contribution in [-0.4, -0.2) is 83.6 Å². The van der Waals surface area contributed by atoms with Gasteiger partial charge < -0.3 is 33.5 Å². The number of hydrogen-bond acceptors (Lipinski definition) is 11. The van der Waals surface area contributed by atoms with Gasteiger partial charge in [-0.25, -0.2) is 4.79 Å². The molecule has 1 fully saturated rings. The summed E-state index contributed by atoms with van der Waals surface area (Å²) < 4.78 is 28.5. The second-order valence-corrected chi connectivity index (χ2v) is 8.81. The van der Waals surface area contributed by atoms with E-state index in [9.17, 15) is 24.3 Å². The molecule has 1 amide bonds. The first-order chi connectivity index (χ1) is 14.2. The number of alkyl carbamates (subject to hydrolysis) is 1. The molecule has 0 unspecified atom stereocenters. The summed E-state index contributed by atoms with van der Waals surface area (Å²) >= 11 is 16.5. The van der Waals surface area contributed by atoms with Crippen molar-refractivity contribution < 1.29 is 52.7 Å². The molecule has 5 atom stereocenters. The van der Waals surface area contributed by atoms with Gasteiger partial charge >= 0.3 is 24.0 Å². The van der Waals surface area contributed by atoms with Gasteiger partial charge in [-0.05, 0) is 0 Å². The van der Waals surface area contributed by atoms with Crippen molar-refractivity contribution in [2.75, 3.05) is 20.3 Å². The molecule has 0 saturated carbocycles. The van der Waals surface area contributed by atoms with E-state index in [-0.39, 0.29) is 0 Å². The van der Waals surface area contributed by atoms with Crippen molar-refractivity contribution >= 4 is 58.8 Å². The first-order valence-electron chi connectivity index (χ1n) is 8.59. The smallest absolute Gasteiger partial charge is 0.409 e. The van der Waals surface area contributed by atoms with Gasteiger partial charge in [-0.3, -0.25) is 19.7 Å². The van der Waals surface area contributed by atoms with Crippen LogP contribution in [0.2, 0.25) is 0 Å². The zero-order chi connectivity index (χ0) is 24.0. The molecule has 1 rings (SSSR count). The monoisotopic (exact) mass is 509 g/mol. The van der Waals surface area contributed by atoms with Gasteiger partial charge in [0.1, 0.15) is 19.3 Å². The average Bonchev–Trinajstić information content (AvgIpc) is 2.61. The maximum atomic E-state index is 12.2. The molecule has 1 aliphatic rings. The minimum Gasteiger partial charge on any atom is -0.463 e. The van der Waals surface area contributed by atoms with E-state index in [1.54, 1.807) is 0 Å². The van der Waals surface area contributed by atoms with E-state index in [1.807, 2.05) is 5.32 Å². The Labute approximate surface area is 192 Å². The zero-order valence-electron chi connectivity index (χ0n) is 16.9. The van der Waals surface area contributed by atoms with Gasteiger partial charge in [0.05, 0.1) is 0 Å². The molecule has 2 N–H and O–H groups in total. The quantitative estimate of drug-likeness (QED) is 0.214. The van der Waals surface area contributed by atoms with Crippen LogP contribution in [0.3, 0.4) is 0 Å². The summed E-state index contributed by atoms with van der Waals surface area (Å²) in [6.45, 7) is 2.01. The molecule has 0 bridgehead atoms. The molecule has 31 heavy (non-hydrogen) atoms. The number of rotatable bonds is 7.